The maximum atomic E-state index is 11.2. The maximum Gasteiger partial charge on any atom is 0.147 e. The largest absolute Gasteiger partial charge is 0.229 e. The van der Waals surface area contributed by atoms with Crippen molar-refractivity contribution in [2.24, 2.45) is 17.8 Å². The molecule has 2 nitrogen and oxygen atoms in total. The van der Waals surface area contributed by atoms with Gasteiger partial charge in [0.15, 0.2) is 0 Å². The summed E-state index contributed by atoms with van der Waals surface area (Å²) in [4.78, 5) is 0. The van der Waals surface area contributed by atoms with Crippen LogP contribution >= 0.6 is 0 Å². The van der Waals surface area contributed by atoms with E-state index in [0.717, 1.165) is 18.8 Å². The van der Waals surface area contributed by atoms with Gasteiger partial charge < -0.3 is 0 Å². The first-order valence-corrected chi connectivity index (χ1v) is 7.16. The normalized spacial score (nSPS) is 35.2. The first-order valence-electron chi connectivity index (χ1n) is 5.10. The highest BCUT2D eigenvalue weighted by Crippen LogP contribution is 2.38. The van der Waals surface area contributed by atoms with E-state index in [1.54, 1.807) is 0 Å². The van der Waals surface area contributed by atoms with Crippen LogP contribution in [0.1, 0.15) is 33.1 Å². The fraction of sp³-hybridized carbons (Fsp3) is 1.00. The Kier molecular flexibility index (Phi) is 3.38. The second-order valence-electron chi connectivity index (χ2n) is 4.60. The molecule has 13 heavy (non-hydrogen) atoms. The van der Waals surface area contributed by atoms with Crippen molar-refractivity contribution in [3.8, 4) is 0 Å². The monoisotopic (exact) mass is 204 g/mol. The van der Waals surface area contributed by atoms with Crippen molar-refractivity contribution in [1.82, 2.24) is 0 Å². The predicted octanol–water partition coefficient (Wildman–Crippen LogP) is 2.10. The van der Waals surface area contributed by atoms with Crippen LogP contribution in [0, 0.1) is 17.8 Å². The summed E-state index contributed by atoms with van der Waals surface area (Å²) in [5.41, 5.74) is 0. The van der Waals surface area contributed by atoms with Crippen molar-refractivity contribution in [2.75, 3.05) is 12.0 Å². The molecule has 0 spiro atoms. The van der Waals surface area contributed by atoms with Gasteiger partial charge in [0.1, 0.15) is 9.84 Å². The third-order valence-electron chi connectivity index (χ3n) is 3.12. The third kappa shape index (κ3) is 3.29. The van der Waals surface area contributed by atoms with Gasteiger partial charge in [0, 0.05) is 6.26 Å². The second kappa shape index (κ2) is 3.99. The van der Waals surface area contributed by atoms with Crippen LogP contribution in [0.3, 0.4) is 0 Å². The first kappa shape index (κ1) is 11.0. The first-order chi connectivity index (χ1) is 5.92. The van der Waals surface area contributed by atoms with Gasteiger partial charge in [0.05, 0.1) is 5.75 Å². The van der Waals surface area contributed by atoms with Gasteiger partial charge in [-0.15, -0.1) is 0 Å². The van der Waals surface area contributed by atoms with Gasteiger partial charge >= 0.3 is 0 Å². The Morgan fingerprint density at radius 1 is 1.23 bits per heavy atom. The molecule has 1 rings (SSSR count). The van der Waals surface area contributed by atoms with Crippen molar-refractivity contribution in [3.05, 3.63) is 0 Å². The molecule has 0 aromatic rings. The van der Waals surface area contributed by atoms with Crippen molar-refractivity contribution < 1.29 is 8.42 Å². The lowest BCUT2D eigenvalue weighted by Gasteiger charge is -2.16. The average Bonchev–Trinajstić information content (AvgIpc) is 2.27. The lowest BCUT2D eigenvalue weighted by Crippen LogP contribution is -2.18. The van der Waals surface area contributed by atoms with Gasteiger partial charge in [-0.05, 0) is 30.6 Å². The third-order valence-corrected chi connectivity index (χ3v) is 4.15. The van der Waals surface area contributed by atoms with E-state index in [4.69, 9.17) is 0 Å². The van der Waals surface area contributed by atoms with Crippen LogP contribution in [0.4, 0.5) is 0 Å². The molecule has 3 heteroatoms. The zero-order chi connectivity index (χ0) is 10.1. The van der Waals surface area contributed by atoms with Gasteiger partial charge in [-0.2, -0.15) is 0 Å². The van der Waals surface area contributed by atoms with E-state index in [1.807, 2.05) is 0 Å². The topological polar surface area (TPSA) is 34.1 Å². The van der Waals surface area contributed by atoms with Crippen molar-refractivity contribution in [3.63, 3.8) is 0 Å². The number of rotatable bonds is 3. The van der Waals surface area contributed by atoms with E-state index < -0.39 is 9.84 Å². The Bertz CT molecular complexity index is 256. The van der Waals surface area contributed by atoms with Crippen LogP contribution in [0.2, 0.25) is 0 Å². The van der Waals surface area contributed by atoms with E-state index in [0.29, 0.717) is 17.6 Å². The van der Waals surface area contributed by atoms with Crippen molar-refractivity contribution in [2.45, 2.75) is 33.1 Å². The molecule has 0 bridgehead atoms. The summed E-state index contributed by atoms with van der Waals surface area (Å²) in [5.74, 6) is 2.19. The van der Waals surface area contributed by atoms with Crippen LogP contribution in [-0.4, -0.2) is 20.4 Å². The summed E-state index contributed by atoms with van der Waals surface area (Å²) in [6.07, 6.45) is 4.80. The average molecular weight is 204 g/mol. The molecule has 0 aromatic carbocycles. The van der Waals surface area contributed by atoms with Gasteiger partial charge in [0.2, 0.25) is 0 Å². The van der Waals surface area contributed by atoms with E-state index in [1.165, 1.54) is 12.7 Å². The van der Waals surface area contributed by atoms with E-state index in [2.05, 4.69) is 13.8 Å². The van der Waals surface area contributed by atoms with Gasteiger partial charge in [-0.3, -0.25) is 0 Å². The molecule has 0 N–H and O–H groups in total. The molecule has 1 fully saturated rings. The standard InChI is InChI=1S/C10H20O2S/c1-4-9-5-8(2)6-10(9)7-13(3,11)12/h8-10H,4-7H2,1-3H3. The molecule has 0 aliphatic heterocycles. The molecule has 78 valence electrons. The molecule has 0 amide bonds. The van der Waals surface area contributed by atoms with Crippen molar-refractivity contribution >= 4 is 9.84 Å². The predicted molar refractivity (Wildman–Crippen MR) is 55.4 cm³/mol. The SMILES string of the molecule is CCC1CC(C)CC1CS(C)(=O)=O. The molecule has 1 aliphatic carbocycles. The highest BCUT2D eigenvalue weighted by molar-refractivity contribution is 7.90. The fourth-order valence-corrected chi connectivity index (χ4v) is 3.79. The highest BCUT2D eigenvalue weighted by Gasteiger charge is 2.32. The maximum absolute atomic E-state index is 11.2. The summed E-state index contributed by atoms with van der Waals surface area (Å²) in [6.45, 7) is 4.39. The van der Waals surface area contributed by atoms with E-state index in [9.17, 15) is 8.42 Å². The minimum absolute atomic E-state index is 0.399. The van der Waals surface area contributed by atoms with Crippen LogP contribution in [-0.2, 0) is 9.84 Å². The second-order valence-corrected chi connectivity index (χ2v) is 6.78. The zero-order valence-corrected chi connectivity index (χ0v) is 9.60. The Hall–Kier alpha value is -0.0500. The molecule has 0 heterocycles. The van der Waals surface area contributed by atoms with Crippen LogP contribution in [0.5, 0.6) is 0 Å². The Balaban J connectivity index is 2.59. The molecule has 0 saturated heterocycles. The molecule has 0 aromatic heterocycles. The summed E-state index contributed by atoms with van der Waals surface area (Å²) in [5, 5.41) is 0. The lowest BCUT2D eigenvalue weighted by atomic mass is 9.95. The molecular formula is C10H20O2S. The van der Waals surface area contributed by atoms with Crippen molar-refractivity contribution in [1.29, 1.82) is 0 Å². The molecule has 0 radical (unpaired) electrons. The molecule has 3 unspecified atom stereocenters. The fourth-order valence-electron chi connectivity index (χ4n) is 2.61. The minimum atomic E-state index is -2.77. The smallest absolute Gasteiger partial charge is 0.147 e. The number of hydrogen-bond acceptors (Lipinski definition) is 2. The van der Waals surface area contributed by atoms with Gasteiger partial charge in [0.25, 0.3) is 0 Å². The Morgan fingerprint density at radius 2 is 1.77 bits per heavy atom. The van der Waals surface area contributed by atoms with E-state index in [-0.39, 0.29) is 0 Å². The summed E-state index contributed by atoms with van der Waals surface area (Å²) in [6, 6.07) is 0. The van der Waals surface area contributed by atoms with E-state index >= 15 is 0 Å². The summed E-state index contributed by atoms with van der Waals surface area (Å²) < 4.78 is 22.3. The molecule has 1 aliphatic rings. The van der Waals surface area contributed by atoms with Crippen LogP contribution in [0.15, 0.2) is 0 Å². The molecule has 1 saturated carbocycles. The van der Waals surface area contributed by atoms with Gasteiger partial charge in [-0.1, -0.05) is 20.3 Å². The number of sulfone groups is 1. The summed E-state index contributed by atoms with van der Waals surface area (Å²) in [7, 11) is -2.77. The zero-order valence-electron chi connectivity index (χ0n) is 8.79. The van der Waals surface area contributed by atoms with Crippen LogP contribution < -0.4 is 0 Å². The Morgan fingerprint density at radius 3 is 2.23 bits per heavy atom. The lowest BCUT2D eigenvalue weighted by molar-refractivity contribution is 0.406. The minimum Gasteiger partial charge on any atom is -0.229 e. The van der Waals surface area contributed by atoms with Gasteiger partial charge in [-0.25, -0.2) is 8.42 Å². The molecule has 3 atom stereocenters. The van der Waals surface area contributed by atoms with Crippen LogP contribution in [0.25, 0.3) is 0 Å². The highest BCUT2D eigenvalue weighted by atomic mass is 32.2. The summed E-state index contributed by atoms with van der Waals surface area (Å²) >= 11 is 0. The number of hydrogen-bond donors (Lipinski definition) is 0. The quantitative estimate of drug-likeness (QED) is 0.705. The Labute approximate surface area is 81.6 Å². The molecular weight excluding hydrogens is 184 g/mol.